The summed E-state index contributed by atoms with van der Waals surface area (Å²) in [5.41, 5.74) is 0. The first-order valence-electron chi connectivity index (χ1n) is 3.64. The Bertz CT molecular complexity index is 98.1. The largest absolute Gasteiger partial charge is 0.391 e. The zero-order chi connectivity index (χ0) is 8.81. The van der Waals surface area contributed by atoms with Crippen LogP contribution in [0.5, 0.6) is 0 Å². The van der Waals surface area contributed by atoms with Gasteiger partial charge in [-0.1, -0.05) is 43.2 Å². The third-order valence-corrected chi connectivity index (χ3v) is 6.26. The quantitative estimate of drug-likeness (QED) is 0.629. The molecule has 0 aromatic heterocycles. The maximum absolute atomic E-state index is 9.37. The molecule has 72 valence electrons. The standard InChI is InChI=1S/C6H12O2S4/c7-5-1-9-10-3-6(8)4-12-11-2-5/h5-8H,1-4H2. The van der Waals surface area contributed by atoms with Crippen molar-refractivity contribution in [3.63, 3.8) is 0 Å². The minimum Gasteiger partial charge on any atom is -0.391 e. The van der Waals surface area contributed by atoms with Gasteiger partial charge in [0.05, 0.1) is 12.2 Å². The smallest absolute Gasteiger partial charge is 0.0737 e. The van der Waals surface area contributed by atoms with E-state index in [1.165, 1.54) is 0 Å². The molecule has 0 unspecified atom stereocenters. The van der Waals surface area contributed by atoms with Gasteiger partial charge in [-0.15, -0.1) is 0 Å². The van der Waals surface area contributed by atoms with Crippen LogP contribution in [0.2, 0.25) is 0 Å². The third-order valence-electron chi connectivity index (χ3n) is 1.21. The Labute approximate surface area is 88.4 Å². The van der Waals surface area contributed by atoms with Crippen molar-refractivity contribution in [2.45, 2.75) is 12.2 Å². The fourth-order valence-corrected chi connectivity index (χ4v) is 5.43. The Morgan fingerprint density at radius 2 is 0.917 bits per heavy atom. The van der Waals surface area contributed by atoms with E-state index in [0.29, 0.717) is 0 Å². The number of hydrogen-bond donors (Lipinski definition) is 2. The fraction of sp³-hybridized carbons (Fsp3) is 1.00. The van der Waals surface area contributed by atoms with Crippen LogP contribution in [0.3, 0.4) is 0 Å². The summed E-state index contributed by atoms with van der Waals surface area (Å²) in [7, 11) is 6.59. The van der Waals surface area contributed by atoms with Crippen LogP contribution in [-0.4, -0.2) is 45.4 Å². The molecule has 0 spiro atoms. The summed E-state index contributed by atoms with van der Waals surface area (Å²) in [6.07, 6.45) is -0.398. The summed E-state index contributed by atoms with van der Waals surface area (Å²) in [6, 6.07) is 0. The second-order valence-electron chi connectivity index (χ2n) is 2.45. The molecule has 0 radical (unpaired) electrons. The molecule has 1 aliphatic heterocycles. The molecule has 1 heterocycles. The van der Waals surface area contributed by atoms with Crippen molar-refractivity contribution in [2.24, 2.45) is 0 Å². The summed E-state index contributed by atoms with van der Waals surface area (Å²) >= 11 is 0. The summed E-state index contributed by atoms with van der Waals surface area (Å²) in [5.74, 6) is 3.08. The van der Waals surface area contributed by atoms with Crippen LogP contribution >= 0.6 is 43.2 Å². The number of aliphatic hydroxyl groups is 2. The van der Waals surface area contributed by atoms with Crippen molar-refractivity contribution < 1.29 is 10.2 Å². The van der Waals surface area contributed by atoms with E-state index in [4.69, 9.17) is 0 Å². The Balaban J connectivity index is 2.20. The molecule has 0 aliphatic carbocycles. The second kappa shape index (κ2) is 6.73. The van der Waals surface area contributed by atoms with E-state index < -0.39 is 0 Å². The second-order valence-corrected chi connectivity index (χ2v) is 7.55. The predicted molar refractivity (Wildman–Crippen MR) is 61.8 cm³/mol. The molecule has 0 amide bonds. The highest BCUT2D eigenvalue weighted by Gasteiger charge is 2.11. The minimum absolute atomic E-state index is 0.199. The van der Waals surface area contributed by atoms with E-state index in [0.717, 1.165) is 23.0 Å². The van der Waals surface area contributed by atoms with Crippen molar-refractivity contribution in [1.82, 2.24) is 0 Å². The first kappa shape index (κ1) is 11.4. The van der Waals surface area contributed by atoms with Crippen LogP contribution in [-0.2, 0) is 0 Å². The summed E-state index contributed by atoms with van der Waals surface area (Å²) in [5, 5.41) is 18.7. The molecule has 12 heavy (non-hydrogen) atoms. The predicted octanol–water partition coefficient (Wildman–Crippen LogP) is 1.48. The van der Waals surface area contributed by atoms with Crippen LogP contribution in [0.1, 0.15) is 0 Å². The molecule has 0 saturated carbocycles. The van der Waals surface area contributed by atoms with Crippen molar-refractivity contribution in [2.75, 3.05) is 23.0 Å². The molecule has 1 saturated heterocycles. The van der Waals surface area contributed by atoms with E-state index in [-0.39, 0.29) is 12.2 Å². The van der Waals surface area contributed by atoms with Gasteiger partial charge in [0, 0.05) is 23.0 Å². The number of aliphatic hydroxyl groups excluding tert-OH is 2. The van der Waals surface area contributed by atoms with Crippen molar-refractivity contribution >= 4 is 43.2 Å². The molecule has 1 rings (SSSR count). The normalized spacial score (nSPS) is 34.5. The Kier molecular flexibility index (Phi) is 6.39. The highest BCUT2D eigenvalue weighted by Crippen LogP contribution is 2.30. The van der Waals surface area contributed by atoms with Gasteiger partial charge in [0.25, 0.3) is 0 Å². The number of rotatable bonds is 0. The van der Waals surface area contributed by atoms with E-state index >= 15 is 0 Å². The summed E-state index contributed by atoms with van der Waals surface area (Å²) in [6.45, 7) is 0. The van der Waals surface area contributed by atoms with Gasteiger partial charge < -0.3 is 10.2 Å². The van der Waals surface area contributed by atoms with Crippen LogP contribution in [0.4, 0.5) is 0 Å². The molecule has 1 aliphatic rings. The Morgan fingerprint density at radius 3 is 1.17 bits per heavy atom. The van der Waals surface area contributed by atoms with E-state index in [1.54, 1.807) is 43.2 Å². The lowest BCUT2D eigenvalue weighted by atomic mass is 10.5. The molecule has 0 aromatic carbocycles. The monoisotopic (exact) mass is 244 g/mol. The molecule has 0 atom stereocenters. The zero-order valence-electron chi connectivity index (χ0n) is 6.51. The molecule has 0 aromatic rings. The van der Waals surface area contributed by atoms with Gasteiger partial charge in [0.15, 0.2) is 0 Å². The molecule has 2 N–H and O–H groups in total. The molecule has 2 nitrogen and oxygen atoms in total. The first-order valence-corrected chi connectivity index (χ1v) is 8.61. The maximum atomic E-state index is 9.37. The summed E-state index contributed by atoms with van der Waals surface area (Å²) < 4.78 is 0. The lowest BCUT2D eigenvalue weighted by molar-refractivity contribution is 0.223. The Hall–Kier alpha value is 1.32. The Morgan fingerprint density at radius 1 is 0.667 bits per heavy atom. The number of hydrogen-bond acceptors (Lipinski definition) is 6. The molecule has 6 heteroatoms. The lowest BCUT2D eigenvalue weighted by Gasteiger charge is -2.14. The van der Waals surface area contributed by atoms with Crippen LogP contribution in [0.25, 0.3) is 0 Å². The van der Waals surface area contributed by atoms with Crippen LogP contribution in [0, 0.1) is 0 Å². The van der Waals surface area contributed by atoms with Gasteiger partial charge in [-0.3, -0.25) is 0 Å². The lowest BCUT2D eigenvalue weighted by Crippen LogP contribution is -2.16. The van der Waals surface area contributed by atoms with E-state index in [2.05, 4.69) is 0 Å². The highest BCUT2D eigenvalue weighted by atomic mass is 33.1. The highest BCUT2D eigenvalue weighted by molar-refractivity contribution is 8.77. The topological polar surface area (TPSA) is 40.5 Å². The van der Waals surface area contributed by atoms with Crippen LogP contribution in [0.15, 0.2) is 0 Å². The van der Waals surface area contributed by atoms with Crippen LogP contribution < -0.4 is 0 Å². The van der Waals surface area contributed by atoms with Gasteiger partial charge in [-0.25, -0.2) is 0 Å². The van der Waals surface area contributed by atoms with Crippen molar-refractivity contribution in [3.8, 4) is 0 Å². The maximum Gasteiger partial charge on any atom is 0.0737 e. The van der Waals surface area contributed by atoms with Crippen molar-refractivity contribution in [1.29, 1.82) is 0 Å². The minimum atomic E-state index is -0.199. The first-order chi connectivity index (χ1) is 5.79. The van der Waals surface area contributed by atoms with Crippen molar-refractivity contribution in [3.05, 3.63) is 0 Å². The average molecular weight is 244 g/mol. The summed E-state index contributed by atoms with van der Waals surface area (Å²) in [4.78, 5) is 0. The molecular weight excluding hydrogens is 232 g/mol. The van der Waals surface area contributed by atoms with Gasteiger partial charge in [-0.05, 0) is 0 Å². The third kappa shape index (κ3) is 5.14. The molecule has 1 fully saturated rings. The van der Waals surface area contributed by atoms with Gasteiger partial charge in [0.1, 0.15) is 0 Å². The van der Waals surface area contributed by atoms with Gasteiger partial charge in [-0.2, -0.15) is 0 Å². The SMILES string of the molecule is OC1CSSCC(O)CSSC1. The molecular formula is C6H12O2S4. The zero-order valence-corrected chi connectivity index (χ0v) is 9.78. The van der Waals surface area contributed by atoms with E-state index in [1.807, 2.05) is 0 Å². The van der Waals surface area contributed by atoms with Gasteiger partial charge in [0.2, 0.25) is 0 Å². The van der Waals surface area contributed by atoms with E-state index in [9.17, 15) is 10.2 Å². The van der Waals surface area contributed by atoms with Gasteiger partial charge >= 0.3 is 0 Å². The fourth-order valence-electron chi connectivity index (χ4n) is 0.603. The molecule has 0 bridgehead atoms. The average Bonchev–Trinajstić information content (AvgIpc) is 2.06.